The number of hydrogen-bond acceptors (Lipinski definition) is 4. The van der Waals surface area contributed by atoms with Gasteiger partial charge in [0.1, 0.15) is 6.61 Å². The van der Waals surface area contributed by atoms with Crippen LogP contribution in [0.5, 0.6) is 0 Å². The van der Waals surface area contributed by atoms with Crippen LogP contribution >= 0.6 is 0 Å². The lowest BCUT2D eigenvalue weighted by molar-refractivity contribution is 0.0964. The highest BCUT2D eigenvalue weighted by atomic mass is 16.6. The molecule has 1 aromatic carbocycles. The van der Waals surface area contributed by atoms with Crippen LogP contribution in [0.3, 0.4) is 0 Å². The molecule has 0 saturated carbocycles. The van der Waals surface area contributed by atoms with E-state index in [1.54, 1.807) is 0 Å². The Hall–Kier alpha value is -1.59. The molecule has 2 saturated heterocycles. The maximum Gasteiger partial charge on any atom is 0.410 e. The number of nitrogens with two attached hydrogens (primary N) is 1. The molecule has 0 spiro atoms. The van der Waals surface area contributed by atoms with Crippen LogP contribution in [0.25, 0.3) is 0 Å². The molecule has 0 radical (unpaired) electrons. The first kappa shape index (κ1) is 16.3. The van der Waals surface area contributed by atoms with Gasteiger partial charge in [-0.25, -0.2) is 4.79 Å². The average molecular weight is 317 g/mol. The van der Waals surface area contributed by atoms with Crippen molar-refractivity contribution in [2.45, 2.75) is 44.4 Å². The van der Waals surface area contributed by atoms with Crippen LogP contribution in [0, 0.1) is 0 Å². The molecular weight excluding hydrogens is 290 g/mol. The molecule has 1 unspecified atom stereocenters. The highest BCUT2D eigenvalue weighted by Crippen LogP contribution is 2.21. The number of likely N-dealkylation sites (tertiary alicyclic amines) is 2. The van der Waals surface area contributed by atoms with Gasteiger partial charge in [0.2, 0.25) is 0 Å². The Morgan fingerprint density at radius 1 is 1.13 bits per heavy atom. The Morgan fingerprint density at radius 2 is 1.96 bits per heavy atom. The van der Waals surface area contributed by atoms with Gasteiger partial charge in [-0.05, 0) is 31.2 Å². The normalized spacial score (nSPS) is 26.0. The molecular formula is C18H27N3O2. The Morgan fingerprint density at radius 3 is 2.70 bits per heavy atom. The smallest absolute Gasteiger partial charge is 0.410 e. The summed E-state index contributed by atoms with van der Waals surface area (Å²) >= 11 is 0. The van der Waals surface area contributed by atoms with E-state index in [9.17, 15) is 4.79 Å². The van der Waals surface area contributed by atoms with Gasteiger partial charge in [0, 0.05) is 38.3 Å². The van der Waals surface area contributed by atoms with Gasteiger partial charge in [0.15, 0.2) is 0 Å². The molecule has 1 amide bonds. The second kappa shape index (κ2) is 7.79. The zero-order valence-electron chi connectivity index (χ0n) is 13.7. The minimum atomic E-state index is -0.187. The van der Waals surface area contributed by atoms with E-state index < -0.39 is 0 Å². The summed E-state index contributed by atoms with van der Waals surface area (Å²) < 4.78 is 5.45. The van der Waals surface area contributed by atoms with Crippen LogP contribution in [0.1, 0.15) is 31.2 Å². The van der Waals surface area contributed by atoms with Crippen molar-refractivity contribution >= 4 is 6.09 Å². The van der Waals surface area contributed by atoms with Crippen LogP contribution in [0.15, 0.2) is 30.3 Å². The lowest BCUT2D eigenvalue weighted by atomic mass is 10.1. The van der Waals surface area contributed by atoms with E-state index >= 15 is 0 Å². The summed E-state index contributed by atoms with van der Waals surface area (Å²) in [6.45, 7) is 4.03. The van der Waals surface area contributed by atoms with E-state index in [0.717, 1.165) is 57.4 Å². The van der Waals surface area contributed by atoms with Crippen molar-refractivity contribution in [2.75, 3.05) is 26.2 Å². The van der Waals surface area contributed by atoms with Crippen molar-refractivity contribution in [3.05, 3.63) is 35.9 Å². The fourth-order valence-corrected chi connectivity index (χ4v) is 3.58. The van der Waals surface area contributed by atoms with E-state index in [-0.39, 0.29) is 6.09 Å². The van der Waals surface area contributed by atoms with Gasteiger partial charge in [-0.3, -0.25) is 4.90 Å². The molecule has 5 nitrogen and oxygen atoms in total. The molecule has 5 heteroatoms. The van der Waals surface area contributed by atoms with Crippen molar-refractivity contribution in [3.63, 3.8) is 0 Å². The van der Waals surface area contributed by atoms with Crippen molar-refractivity contribution in [2.24, 2.45) is 5.73 Å². The van der Waals surface area contributed by atoms with Gasteiger partial charge in [-0.2, -0.15) is 0 Å². The third-order valence-electron chi connectivity index (χ3n) is 4.93. The molecule has 2 aliphatic rings. The average Bonchev–Trinajstić information content (AvgIpc) is 2.86. The molecule has 1 aromatic rings. The summed E-state index contributed by atoms with van der Waals surface area (Å²) in [7, 11) is 0. The maximum absolute atomic E-state index is 12.3. The molecule has 0 aliphatic carbocycles. The number of rotatable bonds is 3. The van der Waals surface area contributed by atoms with Gasteiger partial charge >= 0.3 is 6.09 Å². The monoisotopic (exact) mass is 317 g/mol. The van der Waals surface area contributed by atoms with Crippen molar-refractivity contribution in [1.82, 2.24) is 9.80 Å². The molecule has 2 heterocycles. The SMILES string of the molecule is N[C@@H]1CCN(C2CCCN(C(=O)OCc3ccccc3)CC2)C1. The third-order valence-corrected chi connectivity index (χ3v) is 4.93. The number of benzene rings is 1. The summed E-state index contributed by atoms with van der Waals surface area (Å²) in [6, 6.07) is 10.7. The summed E-state index contributed by atoms with van der Waals surface area (Å²) in [5, 5.41) is 0. The van der Waals surface area contributed by atoms with Gasteiger partial charge in [0.05, 0.1) is 0 Å². The second-order valence-corrected chi connectivity index (χ2v) is 6.66. The van der Waals surface area contributed by atoms with Gasteiger partial charge < -0.3 is 15.4 Å². The number of carbonyl (C=O) groups excluding carboxylic acids is 1. The van der Waals surface area contributed by atoms with Crippen LogP contribution in [-0.2, 0) is 11.3 Å². The Kier molecular flexibility index (Phi) is 5.51. The van der Waals surface area contributed by atoms with Gasteiger partial charge in [-0.1, -0.05) is 30.3 Å². The molecule has 0 bridgehead atoms. The van der Waals surface area contributed by atoms with Crippen molar-refractivity contribution in [3.8, 4) is 0 Å². The standard InChI is InChI=1S/C18H27N3O2/c19-16-8-11-21(13-16)17-7-4-10-20(12-9-17)18(22)23-14-15-5-2-1-3-6-15/h1-3,5-6,16-17H,4,7-14,19H2/t16-,17?/m1/s1. The quantitative estimate of drug-likeness (QED) is 0.928. The Bertz CT molecular complexity index is 508. The highest BCUT2D eigenvalue weighted by molar-refractivity contribution is 5.67. The molecule has 2 fully saturated rings. The number of amides is 1. The van der Waals surface area contributed by atoms with E-state index in [2.05, 4.69) is 4.90 Å². The summed E-state index contributed by atoms with van der Waals surface area (Å²) in [6.07, 6.45) is 4.12. The van der Waals surface area contributed by atoms with E-state index in [4.69, 9.17) is 10.5 Å². The first-order valence-corrected chi connectivity index (χ1v) is 8.67. The number of hydrogen-bond donors (Lipinski definition) is 1. The van der Waals surface area contributed by atoms with E-state index in [0.29, 0.717) is 18.7 Å². The zero-order chi connectivity index (χ0) is 16.1. The summed E-state index contributed by atoms with van der Waals surface area (Å²) in [5.41, 5.74) is 7.04. The number of carbonyl (C=O) groups is 1. The molecule has 2 atom stereocenters. The number of ether oxygens (including phenoxy) is 1. The first-order chi connectivity index (χ1) is 11.2. The lowest BCUT2D eigenvalue weighted by Crippen LogP contribution is -2.37. The van der Waals surface area contributed by atoms with Crippen LogP contribution in [0.2, 0.25) is 0 Å². The lowest BCUT2D eigenvalue weighted by Gasteiger charge is -2.26. The second-order valence-electron chi connectivity index (χ2n) is 6.66. The molecule has 3 rings (SSSR count). The molecule has 126 valence electrons. The molecule has 2 N–H and O–H groups in total. The maximum atomic E-state index is 12.3. The minimum Gasteiger partial charge on any atom is -0.445 e. The fraction of sp³-hybridized carbons (Fsp3) is 0.611. The highest BCUT2D eigenvalue weighted by Gasteiger charge is 2.29. The largest absolute Gasteiger partial charge is 0.445 e. The Balaban J connectivity index is 1.46. The minimum absolute atomic E-state index is 0.187. The van der Waals surface area contributed by atoms with Crippen LogP contribution in [-0.4, -0.2) is 54.2 Å². The van der Waals surface area contributed by atoms with Crippen LogP contribution in [0.4, 0.5) is 4.79 Å². The molecule has 0 aromatic heterocycles. The molecule has 2 aliphatic heterocycles. The third kappa shape index (κ3) is 4.45. The van der Waals surface area contributed by atoms with Gasteiger partial charge in [0.25, 0.3) is 0 Å². The molecule has 23 heavy (non-hydrogen) atoms. The van der Waals surface area contributed by atoms with Crippen molar-refractivity contribution in [1.29, 1.82) is 0 Å². The van der Waals surface area contributed by atoms with Gasteiger partial charge in [-0.15, -0.1) is 0 Å². The summed E-state index contributed by atoms with van der Waals surface area (Å²) in [5.74, 6) is 0. The fourth-order valence-electron chi connectivity index (χ4n) is 3.58. The topological polar surface area (TPSA) is 58.8 Å². The summed E-state index contributed by atoms with van der Waals surface area (Å²) in [4.78, 5) is 16.6. The van der Waals surface area contributed by atoms with E-state index in [1.165, 1.54) is 0 Å². The van der Waals surface area contributed by atoms with Crippen LogP contribution < -0.4 is 5.73 Å². The zero-order valence-corrected chi connectivity index (χ0v) is 13.7. The first-order valence-electron chi connectivity index (χ1n) is 8.67. The number of nitrogens with zero attached hydrogens (tertiary/aromatic N) is 2. The Labute approximate surface area is 138 Å². The predicted octanol–water partition coefficient (Wildman–Crippen LogP) is 2.21. The van der Waals surface area contributed by atoms with E-state index in [1.807, 2.05) is 35.2 Å². The predicted molar refractivity (Wildman–Crippen MR) is 90.0 cm³/mol. The van der Waals surface area contributed by atoms with Crippen molar-refractivity contribution < 1.29 is 9.53 Å².